The summed E-state index contributed by atoms with van der Waals surface area (Å²) >= 11 is 0. The first kappa shape index (κ1) is 32.2. The molecule has 0 saturated carbocycles. The van der Waals surface area contributed by atoms with Gasteiger partial charge in [-0.05, 0) is 96.1 Å². The number of methoxy groups -OCH3 is 2. The fourth-order valence-electron chi connectivity index (χ4n) is 5.50. The Hall–Kier alpha value is -5.16. The van der Waals surface area contributed by atoms with Gasteiger partial charge in [0.25, 0.3) is 10.0 Å². The van der Waals surface area contributed by atoms with Crippen LogP contribution in [-0.2, 0) is 32.5 Å². The molecule has 1 unspecified atom stereocenters. The molecule has 0 aliphatic heterocycles. The fourth-order valence-corrected chi connectivity index (χ4v) is 6.76. The monoisotopic (exact) mass is 640 g/mol. The second kappa shape index (κ2) is 14.3. The molecule has 0 saturated heterocycles. The lowest BCUT2D eigenvalue weighted by atomic mass is 9.86. The number of likely N-dealkylation sites (N-methyl/N-ethyl adjacent to an activating group) is 1. The number of ether oxygens (including phenoxy) is 2. The molecule has 10 nitrogen and oxygen atoms in total. The van der Waals surface area contributed by atoms with Crippen molar-refractivity contribution in [2.75, 3.05) is 31.3 Å². The molecule has 11 heteroatoms. The number of carbonyl (C=O) groups is 2. The Bertz CT molecular complexity index is 1860. The maximum Gasteiger partial charge on any atom is 0.265 e. The van der Waals surface area contributed by atoms with Crippen LogP contribution in [0.5, 0.6) is 11.5 Å². The molecule has 46 heavy (non-hydrogen) atoms. The number of benzene rings is 3. The van der Waals surface area contributed by atoms with E-state index in [2.05, 4.69) is 15.0 Å². The Morgan fingerprint density at radius 1 is 0.978 bits per heavy atom. The summed E-state index contributed by atoms with van der Waals surface area (Å²) in [5, 5.41) is 2.72. The predicted molar refractivity (Wildman–Crippen MR) is 177 cm³/mol. The number of sulfonamides is 1. The minimum absolute atomic E-state index is 0.0406. The normalized spacial score (nSPS) is 14.3. The Morgan fingerprint density at radius 2 is 1.78 bits per heavy atom. The lowest BCUT2D eigenvalue weighted by Gasteiger charge is -2.34. The van der Waals surface area contributed by atoms with Crippen LogP contribution in [-0.4, -0.2) is 51.4 Å². The van der Waals surface area contributed by atoms with Crippen LogP contribution in [0.15, 0.2) is 96.2 Å². The van der Waals surface area contributed by atoms with Crippen molar-refractivity contribution in [1.29, 1.82) is 0 Å². The van der Waals surface area contributed by atoms with E-state index < -0.39 is 10.0 Å². The molecule has 238 valence electrons. The van der Waals surface area contributed by atoms with Gasteiger partial charge in [-0.3, -0.25) is 19.3 Å². The van der Waals surface area contributed by atoms with E-state index in [0.717, 1.165) is 36.0 Å². The number of pyridine rings is 1. The van der Waals surface area contributed by atoms with Crippen molar-refractivity contribution >= 4 is 39.3 Å². The van der Waals surface area contributed by atoms with E-state index in [1.807, 2.05) is 36.4 Å². The van der Waals surface area contributed by atoms with Crippen molar-refractivity contribution in [2.45, 2.75) is 36.6 Å². The van der Waals surface area contributed by atoms with Gasteiger partial charge in [0.15, 0.2) is 0 Å². The molecule has 0 radical (unpaired) electrons. The van der Waals surface area contributed by atoms with Crippen molar-refractivity contribution in [3.05, 3.63) is 114 Å². The molecule has 0 spiro atoms. The highest BCUT2D eigenvalue weighted by atomic mass is 32.2. The number of nitrogens with one attached hydrogen (secondary N) is 2. The summed E-state index contributed by atoms with van der Waals surface area (Å²) in [6, 6.07) is 20.7. The molecule has 4 aromatic rings. The SMILES string of the molecule is COc1cccc(CC(=O)N(C)C2CCCc3ccc(NS(=O)(=O)c4cc(C=CC(=O)Nc5ccncc5)ccc4OC)cc32)c1. The molecule has 0 fully saturated rings. The topological polar surface area (TPSA) is 127 Å². The molecule has 5 rings (SSSR count). The third kappa shape index (κ3) is 7.73. The summed E-state index contributed by atoms with van der Waals surface area (Å²) in [5.41, 5.74) is 4.30. The lowest BCUT2D eigenvalue weighted by molar-refractivity contribution is -0.131. The number of fused-ring (bicyclic) bond motifs is 1. The van der Waals surface area contributed by atoms with Crippen LogP contribution in [0, 0.1) is 0 Å². The smallest absolute Gasteiger partial charge is 0.265 e. The van der Waals surface area contributed by atoms with Crippen LogP contribution in [0.2, 0.25) is 0 Å². The standard InChI is InChI=1S/C35H36N4O6S/c1-39(35(41)22-25-6-4-8-29(20-25)44-2)31-9-5-7-26-12-13-28(23-30(26)31)38-46(42,43)33-21-24(10-14-32(33)45-3)11-15-34(40)37-27-16-18-36-19-17-27/h4,6,8,10-21,23,31,38H,5,7,9,22H2,1-3H3,(H,36,37,40). The number of rotatable bonds is 11. The Balaban J connectivity index is 1.34. The number of carbonyl (C=O) groups excluding carboxylic acids is 2. The second-order valence-corrected chi connectivity index (χ2v) is 12.6. The van der Waals surface area contributed by atoms with Gasteiger partial charge in [0, 0.05) is 36.9 Å². The van der Waals surface area contributed by atoms with Crippen LogP contribution in [0.3, 0.4) is 0 Å². The van der Waals surface area contributed by atoms with E-state index in [-0.39, 0.29) is 34.9 Å². The third-order valence-corrected chi connectivity index (χ3v) is 9.29. The number of hydrogen-bond donors (Lipinski definition) is 2. The average Bonchev–Trinajstić information content (AvgIpc) is 3.07. The van der Waals surface area contributed by atoms with Gasteiger partial charge in [0.2, 0.25) is 11.8 Å². The molecule has 0 bridgehead atoms. The summed E-state index contributed by atoms with van der Waals surface area (Å²) in [5.74, 6) is 0.434. The first-order chi connectivity index (χ1) is 22.2. The number of anilines is 2. The van der Waals surface area contributed by atoms with Gasteiger partial charge in [-0.1, -0.05) is 24.3 Å². The predicted octanol–water partition coefficient (Wildman–Crippen LogP) is 5.63. The zero-order chi connectivity index (χ0) is 32.7. The van der Waals surface area contributed by atoms with Crippen molar-refractivity contribution in [2.24, 2.45) is 0 Å². The van der Waals surface area contributed by atoms with E-state index in [1.165, 1.54) is 25.3 Å². The van der Waals surface area contributed by atoms with Crippen molar-refractivity contribution < 1.29 is 27.5 Å². The number of amides is 2. The molecule has 1 aliphatic rings. The van der Waals surface area contributed by atoms with Gasteiger partial charge in [-0.25, -0.2) is 8.42 Å². The molecule has 2 amide bonds. The number of nitrogens with zero attached hydrogens (tertiary/aromatic N) is 2. The quantitative estimate of drug-likeness (QED) is 0.204. The fraction of sp³-hybridized carbons (Fsp3) is 0.229. The van der Waals surface area contributed by atoms with Crippen LogP contribution in [0.1, 0.15) is 41.1 Å². The molecule has 1 aliphatic carbocycles. The minimum atomic E-state index is -4.10. The maximum absolute atomic E-state index is 13.7. The summed E-state index contributed by atoms with van der Waals surface area (Å²) in [6.07, 6.45) is 8.72. The number of aromatic nitrogens is 1. The van der Waals surface area contributed by atoms with Gasteiger partial charge in [-0.2, -0.15) is 0 Å². The zero-order valence-corrected chi connectivity index (χ0v) is 26.7. The highest BCUT2D eigenvalue weighted by Gasteiger charge is 2.28. The number of aryl methyl sites for hydroxylation is 1. The summed E-state index contributed by atoms with van der Waals surface area (Å²) < 4.78 is 40.7. The largest absolute Gasteiger partial charge is 0.497 e. The Kier molecular flexibility index (Phi) is 10.0. The van der Waals surface area contributed by atoms with Gasteiger partial charge in [-0.15, -0.1) is 0 Å². The van der Waals surface area contributed by atoms with Gasteiger partial charge >= 0.3 is 0 Å². The van der Waals surface area contributed by atoms with Gasteiger partial charge in [0.1, 0.15) is 16.4 Å². The van der Waals surface area contributed by atoms with Gasteiger partial charge in [0.05, 0.1) is 26.7 Å². The Morgan fingerprint density at radius 3 is 2.54 bits per heavy atom. The number of hydrogen-bond acceptors (Lipinski definition) is 7. The lowest BCUT2D eigenvalue weighted by Crippen LogP contribution is -2.34. The zero-order valence-electron chi connectivity index (χ0n) is 25.9. The van der Waals surface area contributed by atoms with Crippen LogP contribution in [0.4, 0.5) is 11.4 Å². The third-order valence-electron chi connectivity index (χ3n) is 7.88. The first-order valence-corrected chi connectivity index (χ1v) is 16.3. The average molecular weight is 641 g/mol. The molecule has 3 aromatic carbocycles. The maximum atomic E-state index is 13.7. The van der Waals surface area contributed by atoms with E-state index in [4.69, 9.17) is 9.47 Å². The van der Waals surface area contributed by atoms with Crippen LogP contribution < -0.4 is 19.5 Å². The van der Waals surface area contributed by atoms with Crippen molar-refractivity contribution in [3.63, 3.8) is 0 Å². The molecule has 2 N–H and O–H groups in total. The molecule has 1 aromatic heterocycles. The van der Waals surface area contributed by atoms with Crippen LogP contribution >= 0.6 is 0 Å². The summed E-state index contributed by atoms with van der Waals surface area (Å²) in [7, 11) is 0.678. The molecular formula is C35H36N4O6S. The Labute approximate surface area is 269 Å². The van der Waals surface area contributed by atoms with Crippen molar-refractivity contribution in [1.82, 2.24) is 9.88 Å². The van der Waals surface area contributed by atoms with Crippen molar-refractivity contribution in [3.8, 4) is 11.5 Å². The van der Waals surface area contributed by atoms with Gasteiger partial charge < -0.3 is 19.7 Å². The van der Waals surface area contributed by atoms with E-state index >= 15 is 0 Å². The highest BCUT2D eigenvalue weighted by molar-refractivity contribution is 7.92. The van der Waals surface area contributed by atoms with E-state index in [9.17, 15) is 18.0 Å². The highest BCUT2D eigenvalue weighted by Crippen LogP contribution is 2.36. The van der Waals surface area contributed by atoms with E-state index in [0.29, 0.717) is 22.7 Å². The minimum Gasteiger partial charge on any atom is -0.497 e. The summed E-state index contributed by atoms with van der Waals surface area (Å²) in [6.45, 7) is 0. The molecule has 1 atom stereocenters. The second-order valence-electron chi connectivity index (χ2n) is 10.9. The molecule has 1 heterocycles. The van der Waals surface area contributed by atoms with E-state index in [1.54, 1.807) is 61.8 Å². The molecular weight excluding hydrogens is 604 g/mol. The summed E-state index contributed by atoms with van der Waals surface area (Å²) in [4.78, 5) is 31.3. The van der Waals surface area contributed by atoms with Crippen LogP contribution in [0.25, 0.3) is 6.08 Å². The first-order valence-electron chi connectivity index (χ1n) is 14.8.